The first-order chi connectivity index (χ1) is 6.38. The van der Waals surface area contributed by atoms with Gasteiger partial charge in [-0.3, -0.25) is 4.90 Å². The Morgan fingerprint density at radius 1 is 1.38 bits per heavy atom. The first-order valence-corrected chi connectivity index (χ1v) is 6.40. The molecule has 1 saturated heterocycles. The van der Waals surface area contributed by atoms with Crippen LogP contribution >= 0.6 is 11.8 Å². The van der Waals surface area contributed by atoms with Gasteiger partial charge in [-0.15, -0.1) is 0 Å². The van der Waals surface area contributed by atoms with Gasteiger partial charge in [0.15, 0.2) is 0 Å². The van der Waals surface area contributed by atoms with Gasteiger partial charge in [-0.05, 0) is 44.4 Å². The van der Waals surface area contributed by atoms with E-state index in [1.807, 2.05) is 11.8 Å². The van der Waals surface area contributed by atoms with Gasteiger partial charge in [-0.1, -0.05) is 6.42 Å². The van der Waals surface area contributed by atoms with Crippen molar-refractivity contribution >= 4 is 11.8 Å². The Balaban J connectivity index is 2.31. The minimum Gasteiger partial charge on any atom is -0.288 e. The monoisotopic (exact) mass is 198 g/mol. The van der Waals surface area contributed by atoms with Gasteiger partial charge in [0.25, 0.3) is 0 Å². The molecule has 1 rings (SSSR count). The zero-order valence-electron chi connectivity index (χ0n) is 8.33. The van der Waals surface area contributed by atoms with Crippen LogP contribution in [0.25, 0.3) is 0 Å². The summed E-state index contributed by atoms with van der Waals surface area (Å²) in [6, 6.07) is 2.59. The number of likely N-dealkylation sites (tertiary alicyclic amines) is 1. The number of thioether (sulfide) groups is 1. The minimum absolute atomic E-state index is 0.174. The fraction of sp³-hybridized carbons (Fsp3) is 0.900. The predicted molar refractivity (Wildman–Crippen MR) is 57.8 cm³/mol. The number of hydrogen-bond acceptors (Lipinski definition) is 3. The van der Waals surface area contributed by atoms with Crippen molar-refractivity contribution in [3.05, 3.63) is 0 Å². The van der Waals surface area contributed by atoms with Crippen LogP contribution in [0.1, 0.15) is 25.7 Å². The highest BCUT2D eigenvalue weighted by atomic mass is 32.2. The lowest BCUT2D eigenvalue weighted by Gasteiger charge is -2.30. The highest BCUT2D eigenvalue weighted by Gasteiger charge is 2.19. The number of hydrogen-bond donors (Lipinski definition) is 0. The van der Waals surface area contributed by atoms with Gasteiger partial charge in [0.1, 0.15) is 0 Å². The molecule has 2 nitrogen and oxygen atoms in total. The number of nitriles is 1. The maximum absolute atomic E-state index is 9.00. The Kier molecular flexibility index (Phi) is 5.26. The van der Waals surface area contributed by atoms with Gasteiger partial charge >= 0.3 is 0 Å². The molecule has 0 N–H and O–H groups in total. The zero-order valence-corrected chi connectivity index (χ0v) is 9.15. The van der Waals surface area contributed by atoms with Gasteiger partial charge in [0, 0.05) is 0 Å². The summed E-state index contributed by atoms with van der Waals surface area (Å²) in [4.78, 5) is 2.35. The lowest BCUT2D eigenvalue weighted by molar-refractivity contribution is 0.192. The van der Waals surface area contributed by atoms with Crippen molar-refractivity contribution in [2.45, 2.75) is 31.7 Å². The Hall–Kier alpha value is -0.200. The predicted octanol–water partition coefficient (Wildman–Crippen LogP) is 2.12. The van der Waals surface area contributed by atoms with Crippen molar-refractivity contribution in [3.63, 3.8) is 0 Å². The summed E-state index contributed by atoms with van der Waals surface area (Å²) in [7, 11) is 0. The third kappa shape index (κ3) is 3.58. The summed E-state index contributed by atoms with van der Waals surface area (Å²) in [6.07, 6.45) is 7.02. The zero-order chi connectivity index (χ0) is 9.52. The molecule has 1 aliphatic rings. The maximum atomic E-state index is 9.00. The number of piperidine rings is 1. The Labute approximate surface area is 85.3 Å². The molecule has 74 valence electrons. The molecule has 0 aromatic rings. The van der Waals surface area contributed by atoms with Crippen molar-refractivity contribution < 1.29 is 0 Å². The van der Waals surface area contributed by atoms with Crippen molar-refractivity contribution in [2.24, 2.45) is 0 Å². The molecule has 13 heavy (non-hydrogen) atoms. The second kappa shape index (κ2) is 6.28. The van der Waals surface area contributed by atoms with E-state index in [9.17, 15) is 0 Å². The fourth-order valence-corrected chi connectivity index (χ4v) is 2.25. The molecule has 1 atom stereocenters. The molecule has 0 bridgehead atoms. The van der Waals surface area contributed by atoms with Gasteiger partial charge in [-0.2, -0.15) is 17.0 Å². The van der Waals surface area contributed by atoms with Crippen molar-refractivity contribution in [1.82, 2.24) is 4.90 Å². The highest BCUT2D eigenvalue weighted by molar-refractivity contribution is 7.98. The van der Waals surface area contributed by atoms with Crippen molar-refractivity contribution in [2.75, 3.05) is 25.1 Å². The SMILES string of the molecule is CSCCC(C#N)N1CCCCC1. The molecule has 0 radical (unpaired) electrons. The summed E-state index contributed by atoms with van der Waals surface area (Å²) in [5, 5.41) is 9.00. The first kappa shape index (κ1) is 10.9. The van der Waals surface area contributed by atoms with E-state index in [1.165, 1.54) is 19.3 Å². The van der Waals surface area contributed by atoms with Crippen LogP contribution in [0.4, 0.5) is 0 Å². The van der Waals surface area contributed by atoms with Gasteiger partial charge in [0.05, 0.1) is 12.1 Å². The minimum atomic E-state index is 0.174. The van der Waals surface area contributed by atoms with Crippen LogP contribution in [0, 0.1) is 11.3 Å². The van der Waals surface area contributed by atoms with E-state index in [1.54, 1.807) is 0 Å². The van der Waals surface area contributed by atoms with Crippen LogP contribution < -0.4 is 0 Å². The molecule has 1 heterocycles. The molecule has 0 amide bonds. The highest BCUT2D eigenvalue weighted by Crippen LogP contribution is 2.14. The molecule has 0 aromatic heterocycles. The molecular formula is C10H18N2S. The topological polar surface area (TPSA) is 27.0 Å². The maximum Gasteiger partial charge on any atom is 0.0985 e. The Morgan fingerprint density at radius 2 is 2.08 bits per heavy atom. The molecular weight excluding hydrogens is 180 g/mol. The van der Waals surface area contributed by atoms with Crippen LogP contribution in [0.15, 0.2) is 0 Å². The van der Waals surface area contributed by atoms with E-state index < -0.39 is 0 Å². The Bertz CT molecular complexity index is 170. The van der Waals surface area contributed by atoms with Crippen molar-refractivity contribution in [1.29, 1.82) is 5.26 Å². The van der Waals surface area contributed by atoms with E-state index in [-0.39, 0.29) is 6.04 Å². The molecule has 0 saturated carbocycles. The van der Waals surface area contributed by atoms with E-state index in [2.05, 4.69) is 17.2 Å². The molecule has 0 aliphatic carbocycles. The lowest BCUT2D eigenvalue weighted by Crippen LogP contribution is -2.38. The standard InChI is InChI=1S/C10H18N2S/c1-13-8-5-10(9-11)12-6-3-2-4-7-12/h10H,2-8H2,1H3. The van der Waals surface area contributed by atoms with E-state index in [0.717, 1.165) is 25.3 Å². The van der Waals surface area contributed by atoms with Gasteiger partial charge in [0.2, 0.25) is 0 Å². The number of rotatable bonds is 4. The summed E-state index contributed by atoms with van der Waals surface area (Å²) in [5.41, 5.74) is 0. The van der Waals surface area contributed by atoms with E-state index >= 15 is 0 Å². The molecule has 1 aliphatic heterocycles. The molecule has 0 spiro atoms. The summed E-state index contributed by atoms with van der Waals surface area (Å²) < 4.78 is 0. The van der Waals surface area contributed by atoms with Gasteiger partial charge in [-0.25, -0.2) is 0 Å². The molecule has 1 unspecified atom stereocenters. The average Bonchev–Trinajstić information content (AvgIpc) is 2.21. The third-order valence-corrected chi connectivity index (χ3v) is 3.22. The lowest BCUT2D eigenvalue weighted by atomic mass is 10.1. The summed E-state index contributed by atoms with van der Waals surface area (Å²) in [5.74, 6) is 1.11. The smallest absolute Gasteiger partial charge is 0.0985 e. The van der Waals surface area contributed by atoms with E-state index in [0.29, 0.717) is 0 Å². The first-order valence-electron chi connectivity index (χ1n) is 5.01. The Morgan fingerprint density at radius 3 is 2.62 bits per heavy atom. The summed E-state index contributed by atoms with van der Waals surface area (Å²) >= 11 is 1.83. The van der Waals surface area contributed by atoms with Crippen LogP contribution in [0.5, 0.6) is 0 Å². The fourth-order valence-electron chi connectivity index (χ4n) is 1.79. The van der Waals surface area contributed by atoms with Crippen molar-refractivity contribution in [3.8, 4) is 6.07 Å². The molecule has 0 aromatic carbocycles. The quantitative estimate of drug-likeness (QED) is 0.692. The van der Waals surface area contributed by atoms with Crippen LogP contribution in [-0.2, 0) is 0 Å². The summed E-state index contributed by atoms with van der Waals surface area (Å²) in [6.45, 7) is 2.26. The average molecular weight is 198 g/mol. The largest absolute Gasteiger partial charge is 0.288 e. The molecule has 3 heteroatoms. The second-order valence-electron chi connectivity index (χ2n) is 3.52. The number of nitrogens with zero attached hydrogens (tertiary/aromatic N) is 2. The normalized spacial score (nSPS) is 20.9. The van der Waals surface area contributed by atoms with Crippen LogP contribution in [-0.4, -0.2) is 36.0 Å². The van der Waals surface area contributed by atoms with E-state index in [4.69, 9.17) is 5.26 Å². The third-order valence-electron chi connectivity index (χ3n) is 2.58. The van der Waals surface area contributed by atoms with Gasteiger partial charge < -0.3 is 0 Å². The molecule has 1 fully saturated rings. The van der Waals surface area contributed by atoms with Crippen LogP contribution in [0.2, 0.25) is 0 Å². The second-order valence-corrected chi connectivity index (χ2v) is 4.51. The van der Waals surface area contributed by atoms with Crippen LogP contribution in [0.3, 0.4) is 0 Å².